The first-order chi connectivity index (χ1) is 12.3. The zero-order valence-corrected chi connectivity index (χ0v) is 14.2. The number of carbonyl (C=O) groups is 1. The van der Waals surface area contributed by atoms with Gasteiger partial charge in [-0.25, -0.2) is 0 Å². The van der Waals surface area contributed by atoms with Crippen LogP contribution >= 0.6 is 0 Å². The van der Waals surface area contributed by atoms with Crippen LogP contribution in [0.1, 0.15) is 23.6 Å². The van der Waals surface area contributed by atoms with Crippen molar-refractivity contribution in [3.05, 3.63) is 65.2 Å². The van der Waals surface area contributed by atoms with Crippen molar-refractivity contribution in [3.8, 4) is 6.07 Å². The summed E-state index contributed by atoms with van der Waals surface area (Å²) < 4.78 is 39.0. The van der Waals surface area contributed by atoms with Crippen LogP contribution < -0.4 is 10.2 Å². The summed E-state index contributed by atoms with van der Waals surface area (Å²) in [5.41, 5.74) is 0.204. The fraction of sp³-hybridized carbons (Fsp3) is 0.263. The summed E-state index contributed by atoms with van der Waals surface area (Å²) in [5, 5.41) is 11.5. The van der Waals surface area contributed by atoms with Gasteiger partial charge in [-0.2, -0.15) is 18.4 Å². The molecule has 0 aliphatic heterocycles. The Labute approximate surface area is 149 Å². The summed E-state index contributed by atoms with van der Waals surface area (Å²) in [6.07, 6.45) is -4.53. The van der Waals surface area contributed by atoms with Crippen molar-refractivity contribution in [3.63, 3.8) is 0 Å². The molecule has 7 heteroatoms. The van der Waals surface area contributed by atoms with Gasteiger partial charge in [0.05, 0.1) is 29.4 Å². The number of anilines is 1. The summed E-state index contributed by atoms with van der Waals surface area (Å²) >= 11 is 0. The highest BCUT2D eigenvalue weighted by molar-refractivity contribution is 5.92. The van der Waals surface area contributed by atoms with Crippen LogP contribution in [-0.2, 0) is 17.5 Å². The number of amides is 1. The summed E-state index contributed by atoms with van der Waals surface area (Å²) in [5.74, 6) is -0.506. The number of alkyl halides is 3. The molecule has 0 saturated carbocycles. The van der Waals surface area contributed by atoms with Crippen LogP contribution in [0.3, 0.4) is 0 Å². The van der Waals surface area contributed by atoms with Gasteiger partial charge in [0.15, 0.2) is 6.54 Å². The van der Waals surface area contributed by atoms with E-state index in [9.17, 15) is 18.0 Å². The summed E-state index contributed by atoms with van der Waals surface area (Å²) in [6.45, 7) is 2.91. The number of quaternary nitrogens is 1. The molecule has 0 aliphatic rings. The van der Waals surface area contributed by atoms with Crippen molar-refractivity contribution < 1.29 is 22.9 Å². The molecule has 0 heterocycles. The van der Waals surface area contributed by atoms with E-state index in [0.29, 0.717) is 18.7 Å². The number of carbonyl (C=O) groups excluding carboxylic acids is 1. The molecule has 0 aromatic heterocycles. The van der Waals surface area contributed by atoms with E-state index in [1.54, 1.807) is 12.1 Å². The molecule has 0 bridgehead atoms. The Bertz CT molecular complexity index is 812. The van der Waals surface area contributed by atoms with Gasteiger partial charge in [0.1, 0.15) is 6.54 Å². The fourth-order valence-electron chi connectivity index (χ4n) is 2.63. The van der Waals surface area contributed by atoms with E-state index in [4.69, 9.17) is 5.26 Å². The van der Waals surface area contributed by atoms with E-state index in [0.717, 1.165) is 16.5 Å². The predicted molar refractivity (Wildman–Crippen MR) is 91.3 cm³/mol. The number of rotatable bonds is 6. The molecule has 136 valence electrons. The molecular formula is C19H19F3N3O+. The molecule has 0 spiro atoms. The first kappa shape index (κ1) is 19.5. The van der Waals surface area contributed by atoms with Crippen LogP contribution in [-0.4, -0.2) is 19.0 Å². The molecule has 0 aliphatic carbocycles. The summed E-state index contributed by atoms with van der Waals surface area (Å²) in [7, 11) is 0. The summed E-state index contributed by atoms with van der Waals surface area (Å²) in [4.78, 5) is 13.1. The molecule has 2 aromatic carbocycles. The Morgan fingerprint density at radius 3 is 2.46 bits per heavy atom. The third-order valence-electron chi connectivity index (χ3n) is 4.00. The van der Waals surface area contributed by atoms with Crippen molar-refractivity contribution >= 4 is 11.6 Å². The molecule has 2 rings (SSSR count). The number of nitriles is 1. The zero-order chi connectivity index (χ0) is 19.2. The number of halogens is 3. The maximum atomic E-state index is 13.0. The highest BCUT2D eigenvalue weighted by Gasteiger charge is 2.33. The second-order valence-corrected chi connectivity index (χ2v) is 5.82. The average Bonchev–Trinajstić information content (AvgIpc) is 2.61. The van der Waals surface area contributed by atoms with Crippen LogP contribution in [0, 0.1) is 11.3 Å². The number of nitrogens with zero attached hydrogens (tertiary/aromatic N) is 1. The monoisotopic (exact) mass is 362 g/mol. The quantitative estimate of drug-likeness (QED) is 0.830. The Hall–Kier alpha value is -2.85. The number of nitrogens with one attached hydrogen (secondary N) is 2. The van der Waals surface area contributed by atoms with Gasteiger partial charge in [0.25, 0.3) is 5.91 Å². The highest BCUT2D eigenvalue weighted by Crippen LogP contribution is 2.34. The first-order valence-corrected chi connectivity index (χ1v) is 8.12. The van der Waals surface area contributed by atoms with Crippen LogP contribution in [0.5, 0.6) is 0 Å². The van der Waals surface area contributed by atoms with Crippen molar-refractivity contribution in [2.24, 2.45) is 0 Å². The lowest BCUT2D eigenvalue weighted by Crippen LogP contribution is -3.11. The van der Waals surface area contributed by atoms with Crippen molar-refractivity contribution in [2.45, 2.75) is 19.6 Å². The van der Waals surface area contributed by atoms with Crippen LogP contribution in [0.25, 0.3) is 0 Å². The van der Waals surface area contributed by atoms with E-state index >= 15 is 0 Å². The van der Waals surface area contributed by atoms with E-state index < -0.39 is 17.6 Å². The largest absolute Gasteiger partial charge is 0.418 e. The number of hydrogen-bond donors (Lipinski definition) is 2. The summed E-state index contributed by atoms with van der Waals surface area (Å²) in [6, 6.07) is 14.1. The van der Waals surface area contributed by atoms with Gasteiger partial charge in [0, 0.05) is 5.56 Å². The molecule has 1 atom stereocenters. The molecule has 1 unspecified atom stereocenters. The molecule has 0 fully saturated rings. The maximum Gasteiger partial charge on any atom is 0.418 e. The van der Waals surface area contributed by atoms with Gasteiger partial charge in [-0.15, -0.1) is 0 Å². The highest BCUT2D eigenvalue weighted by atomic mass is 19.4. The number of likely N-dealkylation sites (N-methyl/N-ethyl adjacent to an activating group) is 1. The fourth-order valence-corrected chi connectivity index (χ4v) is 2.63. The molecule has 2 aromatic rings. The minimum atomic E-state index is -4.53. The van der Waals surface area contributed by atoms with Crippen molar-refractivity contribution in [1.29, 1.82) is 5.26 Å². The number of para-hydroxylation sites is 1. The van der Waals surface area contributed by atoms with Gasteiger partial charge < -0.3 is 10.2 Å². The number of hydrogen-bond acceptors (Lipinski definition) is 2. The third-order valence-corrected chi connectivity index (χ3v) is 4.00. The second-order valence-electron chi connectivity index (χ2n) is 5.82. The van der Waals surface area contributed by atoms with Gasteiger partial charge >= 0.3 is 6.18 Å². The van der Waals surface area contributed by atoms with E-state index in [2.05, 4.69) is 11.4 Å². The standard InChI is InChI=1S/C19H18F3N3O/c1-2-25(12-15-8-4-3-7-14(15)11-23)13-18(26)24-17-10-6-5-9-16(17)19(20,21)22/h3-10H,2,12-13H2,1H3,(H,24,26)/p+1. The van der Waals surface area contributed by atoms with Crippen LogP contribution in [0.4, 0.5) is 18.9 Å². The second kappa shape index (κ2) is 8.50. The Kier molecular flexibility index (Phi) is 6.36. The first-order valence-electron chi connectivity index (χ1n) is 8.12. The SMILES string of the molecule is CC[NH+](CC(=O)Nc1ccccc1C(F)(F)F)Cc1ccccc1C#N. The minimum Gasteiger partial charge on any atom is -0.324 e. The molecular weight excluding hydrogens is 343 g/mol. The Balaban J connectivity index is 2.08. The lowest BCUT2D eigenvalue weighted by atomic mass is 10.1. The lowest BCUT2D eigenvalue weighted by molar-refractivity contribution is -0.903. The lowest BCUT2D eigenvalue weighted by Gasteiger charge is -2.19. The van der Waals surface area contributed by atoms with Crippen molar-refractivity contribution in [1.82, 2.24) is 0 Å². The minimum absolute atomic E-state index is 0.00243. The van der Waals surface area contributed by atoms with Gasteiger partial charge in [-0.05, 0) is 25.1 Å². The van der Waals surface area contributed by atoms with E-state index in [1.165, 1.54) is 18.2 Å². The van der Waals surface area contributed by atoms with Crippen LogP contribution in [0.2, 0.25) is 0 Å². The van der Waals surface area contributed by atoms with Crippen LogP contribution in [0.15, 0.2) is 48.5 Å². The van der Waals surface area contributed by atoms with Gasteiger partial charge in [-0.3, -0.25) is 4.79 Å². The van der Waals surface area contributed by atoms with E-state index in [-0.39, 0.29) is 12.2 Å². The maximum absolute atomic E-state index is 13.0. The van der Waals surface area contributed by atoms with E-state index in [1.807, 2.05) is 19.1 Å². The predicted octanol–water partition coefficient (Wildman–Crippen LogP) is 2.62. The van der Waals surface area contributed by atoms with Crippen molar-refractivity contribution in [2.75, 3.05) is 18.4 Å². The molecule has 2 N–H and O–H groups in total. The third kappa shape index (κ3) is 5.07. The number of benzene rings is 2. The van der Waals surface area contributed by atoms with Gasteiger partial charge in [-0.1, -0.05) is 30.3 Å². The molecule has 1 amide bonds. The Morgan fingerprint density at radius 2 is 1.81 bits per heavy atom. The molecule has 4 nitrogen and oxygen atoms in total. The molecule has 0 saturated heterocycles. The average molecular weight is 362 g/mol. The zero-order valence-electron chi connectivity index (χ0n) is 14.2. The normalized spacial score (nSPS) is 12.3. The molecule has 0 radical (unpaired) electrons. The smallest absolute Gasteiger partial charge is 0.324 e. The molecule has 26 heavy (non-hydrogen) atoms. The Morgan fingerprint density at radius 1 is 1.15 bits per heavy atom. The van der Waals surface area contributed by atoms with Gasteiger partial charge in [0.2, 0.25) is 0 Å². The topological polar surface area (TPSA) is 57.3 Å².